The Bertz CT molecular complexity index is 751. The average Bonchev–Trinajstić information content (AvgIpc) is 2.91. The minimum absolute atomic E-state index is 0.0605. The Labute approximate surface area is 133 Å². The van der Waals surface area contributed by atoms with E-state index in [1.165, 1.54) is 15.6 Å². The van der Waals surface area contributed by atoms with Gasteiger partial charge in [-0.15, -0.1) is 11.3 Å². The lowest BCUT2D eigenvalue weighted by Gasteiger charge is -2.30. The van der Waals surface area contributed by atoms with Crippen molar-refractivity contribution in [3.05, 3.63) is 28.6 Å². The Kier molecular flexibility index (Phi) is 4.25. The van der Waals surface area contributed by atoms with E-state index >= 15 is 0 Å². The third-order valence-corrected chi connectivity index (χ3v) is 7.28. The summed E-state index contributed by atoms with van der Waals surface area (Å²) in [4.78, 5) is 0.367. The highest BCUT2D eigenvalue weighted by Crippen LogP contribution is 2.34. The van der Waals surface area contributed by atoms with Crippen LogP contribution in [0.15, 0.2) is 28.5 Å². The molecule has 1 aromatic carbocycles. The summed E-state index contributed by atoms with van der Waals surface area (Å²) < 4.78 is 28.2. The first-order valence-corrected chi connectivity index (χ1v) is 9.55. The van der Waals surface area contributed by atoms with E-state index < -0.39 is 10.0 Å². The summed E-state index contributed by atoms with van der Waals surface area (Å²) >= 11 is 7.45. The largest absolute Gasteiger partial charge is 0.317 e. The molecular formula is C14H17ClN2O2S2. The number of hydrogen-bond acceptors (Lipinski definition) is 4. The third kappa shape index (κ3) is 2.83. The molecule has 2 heterocycles. The van der Waals surface area contributed by atoms with Crippen LogP contribution in [0.1, 0.15) is 12.8 Å². The van der Waals surface area contributed by atoms with E-state index in [1.54, 1.807) is 24.6 Å². The molecule has 0 spiro atoms. The standard InChI is InChI=1S/C14H17ClN2O2S2/c1-17(11-4-6-16-7-5-11)21(18,19)14-9-20-13-3-2-10(15)8-12(13)14/h2-3,8-9,11,16H,4-7H2,1H3. The van der Waals surface area contributed by atoms with Crippen molar-refractivity contribution in [2.45, 2.75) is 23.8 Å². The number of piperidine rings is 1. The normalized spacial score (nSPS) is 17.7. The zero-order valence-electron chi connectivity index (χ0n) is 11.7. The van der Waals surface area contributed by atoms with Crippen molar-refractivity contribution in [1.29, 1.82) is 0 Å². The number of rotatable bonds is 3. The number of thiophene rings is 1. The molecule has 0 bridgehead atoms. The van der Waals surface area contributed by atoms with E-state index in [9.17, 15) is 8.42 Å². The van der Waals surface area contributed by atoms with E-state index in [4.69, 9.17) is 11.6 Å². The molecule has 1 fully saturated rings. The molecule has 0 unspecified atom stereocenters. The first-order valence-electron chi connectivity index (χ1n) is 6.85. The van der Waals surface area contributed by atoms with Gasteiger partial charge in [0.15, 0.2) is 0 Å². The van der Waals surface area contributed by atoms with Crippen molar-refractivity contribution >= 4 is 43.0 Å². The fraction of sp³-hybridized carbons (Fsp3) is 0.429. The maximum absolute atomic E-state index is 12.9. The molecule has 3 rings (SSSR count). The number of benzene rings is 1. The molecule has 1 aliphatic heterocycles. The predicted molar refractivity (Wildman–Crippen MR) is 87.7 cm³/mol. The molecule has 2 aromatic rings. The van der Waals surface area contributed by atoms with Crippen LogP contribution in [0, 0.1) is 0 Å². The van der Waals surface area contributed by atoms with Crippen molar-refractivity contribution in [1.82, 2.24) is 9.62 Å². The molecule has 7 heteroatoms. The highest BCUT2D eigenvalue weighted by atomic mass is 35.5. The molecule has 0 radical (unpaired) electrons. The lowest BCUT2D eigenvalue weighted by atomic mass is 10.1. The van der Waals surface area contributed by atoms with E-state index in [0.29, 0.717) is 15.3 Å². The maximum atomic E-state index is 12.9. The maximum Gasteiger partial charge on any atom is 0.244 e. The summed E-state index contributed by atoms with van der Waals surface area (Å²) in [5.74, 6) is 0. The van der Waals surface area contributed by atoms with Crippen molar-refractivity contribution in [2.24, 2.45) is 0 Å². The van der Waals surface area contributed by atoms with Crippen LogP contribution in [0.2, 0.25) is 5.02 Å². The summed E-state index contributed by atoms with van der Waals surface area (Å²) in [7, 11) is -1.80. The highest BCUT2D eigenvalue weighted by molar-refractivity contribution is 7.89. The zero-order valence-corrected chi connectivity index (χ0v) is 14.1. The van der Waals surface area contributed by atoms with Gasteiger partial charge in [0.05, 0.1) is 0 Å². The summed E-state index contributed by atoms with van der Waals surface area (Å²) in [5, 5.41) is 6.25. The number of hydrogen-bond donors (Lipinski definition) is 1. The average molecular weight is 345 g/mol. The highest BCUT2D eigenvalue weighted by Gasteiger charge is 2.30. The second kappa shape index (κ2) is 5.85. The van der Waals surface area contributed by atoms with Gasteiger partial charge in [-0.2, -0.15) is 4.31 Å². The van der Waals surface area contributed by atoms with Gasteiger partial charge >= 0.3 is 0 Å². The Morgan fingerprint density at radius 3 is 2.76 bits per heavy atom. The molecule has 4 nitrogen and oxygen atoms in total. The quantitative estimate of drug-likeness (QED) is 0.931. The third-order valence-electron chi connectivity index (χ3n) is 3.98. The number of sulfonamides is 1. The topological polar surface area (TPSA) is 49.4 Å². The van der Waals surface area contributed by atoms with Crippen LogP contribution in [-0.4, -0.2) is 38.9 Å². The number of fused-ring (bicyclic) bond motifs is 1. The SMILES string of the molecule is CN(C1CCNCC1)S(=O)(=O)c1csc2ccc(Cl)cc12. The predicted octanol–water partition coefficient (Wildman–Crippen LogP) is 2.93. The van der Waals surface area contributed by atoms with Crippen LogP contribution in [-0.2, 0) is 10.0 Å². The summed E-state index contributed by atoms with van der Waals surface area (Å²) in [6.45, 7) is 1.72. The Morgan fingerprint density at radius 1 is 1.33 bits per heavy atom. The molecule has 1 aliphatic rings. The monoisotopic (exact) mass is 344 g/mol. The second-order valence-corrected chi connectivity index (χ2v) is 8.56. The molecule has 1 saturated heterocycles. The first-order chi connectivity index (χ1) is 10.00. The van der Waals surface area contributed by atoms with Gasteiger partial charge in [0.1, 0.15) is 4.90 Å². The molecular weight excluding hydrogens is 328 g/mol. The summed E-state index contributed by atoms with van der Waals surface area (Å²) in [6.07, 6.45) is 1.69. The Balaban J connectivity index is 2.01. The van der Waals surface area contributed by atoms with E-state index in [2.05, 4.69) is 5.32 Å². The van der Waals surface area contributed by atoms with Crippen LogP contribution in [0.5, 0.6) is 0 Å². The van der Waals surface area contributed by atoms with Crippen molar-refractivity contribution in [3.63, 3.8) is 0 Å². The molecule has 0 amide bonds. The molecule has 0 atom stereocenters. The second-order valence-electron chi connectivity index (χ2n) is 5.24. The smallest absolute Gasteiger partial charge is 0.244 e. The van der Waals surface area contributed by atoms with Gasteiger partial charge in [-0.1, -0.05) is 11.6 Å². The molecule has 0 saturated carbocycles. The summed E-state index contributed by atoms with van der Waals surface area (Å²) in [6, 6.07) is 5.45. The zero-order chi connectivity index (χ0) is 15.0. The fourth-order valence-corrected chi connectivity index (χ4v) is 5.73. The lowest BCUT2D eigenvalue weighted by Crippen LogP contribution is -2.43. The van der Waals surface area contributed by atoms with Gasteiger partial charge in [0, 0.05) is 33.6 Å². The first kappa shape index (κ1) is 15.2. The Hall–Kier alpha value is -0.660. The lowest BCUT2D eigenvalue weighted by molar-refractivity contribution is 0.296. The van der Waals surface area contributed by atoms with Gasteiger partial charge in [0.2, 0.25) is 10.0 Å². The van der Waals surface area contributed by atoms with Crippen LogP contribution in [0.4, 0.5) is 0 Å². The van der Waals surface area contributed by atoms with Gasteiger partial charge in [-0.3, -0.25) is 0 Å². The van der Waals surface area contributed by atoms with E-state index in [-0.39, 0.29) is 6.04 Å². The minimum atomic E-state index is -3.48. The molecule has 0 aliphatic carbocycles. The van der Waals surface area contributed by atoms with Gasteiger partial charge in [-0.25, -0.2) is 8.42 Å². The van der Waals surface area contributed by atoms with Crippen molar-refractivity contribution in [2.75, 3.05) is 20.1 Å². The minimum Gasteiger partial charge on any atom is -0.317 e. The van der Waals surface area contributed by atoms with Crippen LogP contribution < -0.4 is 5.32 Å². The molecule has 21 heavy (non-hydrogen) atoms. The van der Waals surface area contributed by atoms with Gasteiger partial charge in [0.25, 0.3) is 0 Å². The number of nitrogens with one attached hydrogen (secondary N) is 1. The number of nitrogens with zero attached hydrogens (tertiary/aromatic N) is 1. The number of halogens is 1. The van der Waals surface area contributed by atoms with Gasteiger partial charge in [-0.05, 0) is 44.1 Å². The summed E-state index contributed by atoms with van der Waals surface area (Å²) in [5.41, 5.74) is 0. The van der Waals surface area contributed by atoms with Crippen LogP contribution >= 0.6 is 22.9 Å². The van der Waals surface area contributed by atoms with Crippen molar-refractivity contribution < 1.29 is 8.42 Å². The van der Waals surface area contributed by atoms with Gasteiger partial charge < -0.3 is 5.32 Å². The fourth-order valence-electron chi connectivity index (χ4n) is 2.70. The van der Waals surface area contributed by atoms with Crippen molar-refractivity contribution in [3.8, 4) is 0 Å². The molecule has 1 aromatic heterocycles. The van der Waals surface area contributed by atoms with E-state index in [1.807, 2.05) is 6.07 Å². The Morgan fingerprint density at radius 2 is 2.05 bits per heavy atom. The molecule has 1 N–H and O–H groups in total. The van der Waals surface area contributed by atoms with E-state index in [0.717, 1.165) is 30.6 Å². The van der Waals surface area contributed by atoms with Crippen LogP contribution in [0.25, 0.3) is 10.1 Å². The van der Waals surface area contributed by atoms with Crippen LogP contribution in [0.3, 0.4) is 0 Å². The molecule has 114 valence electrons.